The number of nitrogens with two attached hydrogens (primary N) is 1. The number of imidazole rings is 1. The molecule has 0 amide bonds. The van der Waals surface area contributed by atoms with Crippen LogP contribution in [0.1, 0.15) is 0 Å². The number of ether oxygens (including phenoxy) is 1. The van der Waals surface area contributed by atoms with Gasteiger partial charge in [0.1, 0.15) is 17.1 Å². The molecule has 0 aliphatic carbocycles. The average Bonchev–Trinajstić information content (AvgIpc) is 2.77. The number of methoxy groups -OCH3 is 1. The zero-order chi connectivity index (χ0) is 13.4. The Morgan fingerprint density at radius 3 is 2.53 bits per heavy atom. The number of para-hydroxylation sites is 1. The fourth-order valence-electron chi connectivity index (χ4n) is 2.24. The number of aromatic nitrogens is 2. The van der Waals surface area contributed by atoms with E-state index in [4.69, 9.17) is 10.5 Å². The van der Waals surface area contributed by atoms with Gasteiger partial charge in [-0.25, -0.2) is 4.98 Å². The van der Waals surface area contributed by atoms with Crippen molar-refractivity contribution in [2.75, 3.05) is 12.8 Å². The van der Waals surface area contributed by atoms with Gasteiger partial charge in [-0.3, -0.25) is 0 Å². The number of nitrogens with zero attached hydrogens (tertiary/aromatic N) is 2. The Morgan fingerprint density at radius 1 is 1.11 bits per heavy atom. The van der Waals surface area contributed by atoms with Gasteiger partial charge >= 0.3 is 0 Å². The van der Waals surface area contributed by atoms with E-state index in [1.54, 1.807) is 7.11 Å². The number of benzene rings is 2. The Hall–Kier alpha value is -2.49. The van der Waals surface area contributed by atoms with Crippen LogP contribution < -0.4 is 10.5 Å². The normalized spacial score (nSPS) is 10.8. The third-order valence-electron chi connectivity index (χ3n) is 3.26. The van der Waals surface area contributed by atoms with Gasteiger partial charge in [0.25, 0.3) is 0 Å². The summed E-state index contributed by atoms with van der Waals surface area (Å²) in [5, 5.41) is 0. The molecule has 0 bridgehead atoms. The third-order valence-corrected chi connectivity index (χ3v) is 3.26. The molecule has 0 saturated carbocycles. The minimum Gasteiger partial charge on any atom is -0.494 e. The molecule has 0 atom stereocenters. The maximum absolute atomic E-state index is 5.72. The molecule has 96 valence electrons. The predicted molar refractivity (Wildman–Crippen MR) is 77.1 cm³/mol. The fourth-order valence-corrected chi connectivity index (χ4v) is 2.24. The molecule has 4 heteroatoms. The van der Waals surface area contributed by atoms with E-state index >= 15 is 0 Å². The van der Waals surface area contributed by atoms with Gasteiger partial charge in [0, 0.05) is 18.3 Å². The Bertz CT molecular complexity index is 729. The van der Waals surface area contributed by atoms with Crippen LogP contribution in [0.4, 0.5) is 5.69 Å². The van der Waals surface area contributed by atoms with Crippen LogP contribution in [0.3, 0.4) is 0 Å². The first-order chi connectivity index (χ1) is 9.20. The molecular weight excluding hydrogens is 238 g/mol. The number of fused-ring (bicyclic) bond motifs is 1. The summed E-state index contributed by atoms with van der Waals surface area (Å²) in [5.74, 6) is 1.69. The molecule has 1 heterocycles. The minimum absolute atomic E-state index is 0.750. The Kier molecular flexibility index (Phi) is 2.63. The molecule has 0 saturated heterocycles. The monoisotopic (exact) mass is 253 g/mol. The lowest BCUT2D eigenvalue weighted by molar-refractivity contribution is 0.419. The highest BCUT2D eigenvalue weighted by Gasteiger charge is 2.12. The molecule has 2 aromatic carbocycles. The molecule has 0 aliphatic heterocycles. The van der Waals surface area contributed by atoms with Crippen LogP contribution in [0.25, 0.3) is 22.4 Å². The lowest BCUT2D eigenvalue weighted by atomic mass is 10.2. The first-order valence-corrected chi connectivity index (χ1v) is 6.06. The number of nitrogen functional groups attached to an aromatic ring is 1. The molecule has 0 aliphatic rings. The summed E-state index contributed by atoms with van der Waals surface area (Å²) in [7, 11) is 3.66. The van der Waals surface area contributed by atoms with E-state index in [0.29, 0.717) is 0 Å². The summed E-state index contributed by atoms with van der Waals surface area (Å²) in [6, 6.07) is 13.6. The van der Waals surface area contributed by atoms with Crippen molar-refractivity contribution in [2.24, 2.45) is 7.05 Å². The average molecular weight is 253 g/mol. The zero-order valence-corrected chi connectivity index (χ0v) is 10.9. The second-order valence-corrected chi connectivity index (χ2v) is 4.44. The Labute approximate surface area is 111 Å². The van der Waals surface area contributed by atoms with Crippen LogP contribution in [0.5, 0.6) is 5.75 Å². The largest absolute Gasteiger partial charge is 0.494 e. The molecule has 0 fully saturated rings. The molecular formula is C15H15N3O. The van der Waals surface area contributed by atoms with Crippen LogP contribution in [-0.2, 0) is 7.05 Å². The number of hydrogen-bond donors (Lipinski definition) is 1. The second kappa shape index (κ2) is 4.31. The maximum Gasteiger partial charge on any atom is 0.146 e. The van der Waals surface area contributed by atoms with Crippen LogP contribution >= 0.6 is 0 Å². The number of aryl methyl sites for hydroxylation is 1. The molecule has 3 rings (SSSR count). The first-order valence-electron chi connectivity index (χ1n) is 6.06. The van der Waals surface area contributed by atoms with Crippen molar-refractivity contribution in [1.29, 1.82) is 0 Å². The van der Waals surface area contributed by atoms with E-state index in [0.717, 1.165) is 33.9 Å². The maximum atomic E-state index is 5.72. The number of rotatable bonds is 2. The highest BCUT2D eigenvalue weighted by molar-refractivity contribution is 5.85. The van der Waals surface area contributed by atoms with Crippen molar-refractivity contribution >= 4 is 16.7 Å². The Balaban J connectivity index is 2.25. The van der Waals surface area contributed by atoms with E-state index in [-0.39, 0.29) is 0 Å². The van der Waals surface area contributed by atoms with Gasteiger partial charge < -0.3 is 15.0 Å². The van der Waals surface area contributed by atoms with Gasteiger partial charge in [-0.05, 0) is 36.4 Å². The number of hydrogen-bond acceptors (Lipinski definition) is 3. The van der Waals surface area contributed by atoms with Crippen LogP contribution in [0.15, 0.2) is 42.5 Å². The van der Waals surface area contributed by atoms with Gasteiger partial charge in [0.2, 0.25) is 0 Å². The van der Waals surface area contributed by atoms with Gasteiger partial charge in [-0.15, -0.1) is 0 Å². The predicted octanol–water partition coefficient (Wildman–Crippen LogP) is 2.83. The smallest absolute Gasteiger partial charge is 0.146 e. The van der Waals surface area contributed by atoms with Crippen molar-refractivity contribution in [1.82, 2.24) is 9.55 Å². The van der Waals surface area contributed by atoms with Crippen LogP contribution in [0, 0.1) is 0 Å². The zero-order valence-electron chi connectivity index (χ0n) is 10.9. The van der Waals surface area contributed by atoms with Gasteiger partial charge in [-0.1, -0.05) is 6.07 Å². The highest BCUT2D eigenvalue weighted by atomic mass is 16.5. The van der Waals surface area contributed by atoms with E-state index < -0.39 is 0 Å². The summed E-state index contributed by atoms with van der Waals surface area (Å²) >= 11 is 0. The summed E-state index contributed by atoms with van der Waals surface area (Å²) in [6.45, 7) is 0. The standard InChI is InChI=1S/C15H15N3O/c1-18-12-4-3-5-13(19-2)14(12)17-15(18)10-6-8-11(16)9-7-10/h3-9H,16H2,1-2H3. The molecule has 0 unspecified atom stereocenters. The molecule has 0 spiro atoms. The van der Waals surface area contributed by atoms with Gasteiger partial charge in [-0.2, -0.15) is 0 Å². The van der Waals surface area contributed by atoms with Crippen molar-refractivity contribution in [3.05, 3.63) is 42.5 Å². The first kappa shape index (κ1) is 11.6. The summed E-state index contributed by atoms with van der Waals surface area (Å²) in [5.41, 5.74) is 9.43. The molecule has 19 heavy (non-hydrogen) atoms. The third kappa shape index (κ3) is 1.81. The Morgan fingerprint density at radius 2 is 1.84 bits per heavy atom. The highest BCUT2D eigenvalue weighted by Crippen LogP contribution is 2.29. The summed E-state index contributed by atoms with van der Waals surface area (Å²) < 4.78 is 7.41. The summed E-state index contributed by atoms with van der Waals surface area (Å²) in [4.78, 5) is 4.68. The molecule has 3 aromatic rings. The van der Waals surface area contributed by atoms with E-state index in [2.05, 4.69) is 9.55 Å². The SMILES string of the molecule is COc1cccc2c1nc(-c1ccc(N)cc1)n2C. The molecule has 1 aromatic heterocycles. The van der Waals surface area contributed by atoms with E-state index in [9.17, 15) is 0 Å². The number of anilines is 1. The van der Waals surface area contributed by atoms with Gasteiger partial charge in [0.15, 0.2) is 0 Å². The van der Waals surface area contributed by atoms with Crippen LogP contribution in [0.2, 0.25) is 0 Å². The fraction of sp³-hybridized carbons (Fsp3) is 0.133. The summed E-state index contributed by atoms with van der Waals surface area (Å²) in [6.07, 6.45) is 0. The van der Waals surface area contributed by atoms with Gasteiger partial charge in [0.05, 0.1) is 12.6 Å². The lowest BCUT2D eigenvalue weighted by Crippen LogP contribution is -1.92. The van der Waals surface area contributed by atoms with Crippen molar-refractivity contribution in [3.8, 4) is 17.1 Å². The molecule has 2 N–H and O–H groups in total. The minimum atomic E-state index is 0.750. The van der Waals surface area contributed by atoms with E-state index in [1.165, 1.54) is 0 Å². The van der Waals surface area contributed by atoms with Crippen molar-refractivity contribution < 1.29 is 4.74 Å². The van der Waals surface area contributed by atoms with Crippen LogP contribution in [-0.4, -0.2) is 16.7 Å². The van der Waals surface area contributed by atoms with E-state index in [1.807, 2.05) is 49.5 Å². The topological polar surface area (TPSA) is 53.1 Å². The molecule has 0 radical (unpaired) electrons. The molecule has 4 nitrogen and oxygen atoms in total. The van der Waals surface area contributed by atoms with Crippen molar-refractivity contribution in [3.63, 3.8) is 0 Å². The van der Waals surface area contributed by atoms with Crippen molar-refractivity contribution in [2.45, 2.75) is 0 Å². The second-order valence-electron chi connectivity index (χ2n) is 4.44. The quantitative estimate of drug-likeness (QED) is 0.714. The lowest BCUT2D eigenvalue weighted by Gasteiger charge is -2.02.